The summed E-state index contributed by atoms with van der Waals surface area (Å²) in [6.07, 6.45) is 1.61. The molecule has 1 aliphatic rings. The fourth-order valence-electron chi connectivity index (χ4n) is 2.63. The van der Waals surface area contributed by atoms with Gasteiger partial charge < -0.3 is 5.73 Å². The SMILES string of the molecule is Nc1ccc2c(c1)CCC2NS(=O)(=O)c1ccc(I)cc1. The molecule has 1 aliphatic carbocycles. The molecule has 1 atom stereocenters. The maximum absolute atomic E-state index is 12.4. The molecule has 21 heavy (non-hydrogen) atoms. The second kappa shape index (κ2) is 5.58. The van der Waals surface area contributed by atoms with Gasteiger partial charge in [0.2, 0.25) is 10.0 Å². The first-order chi connectivity index (χ1) is 9.95. The molecule has 0 bridgehead atoms. The van der Waals surface area contributed by atoms with Gasteiger partial charge in [0, 0.05) is 15.3 Å². The van der Waals surface area contributed by atoms with Crippen molar-refractivity contribution in [3.05, 3.63) is 57.2 Å². The molecule has 2 aromatic carbocycles. The van der Waals surface area contributed by atoms with Crippen molar-refractivity contribution < 1.29 is 8.42 Å². The van der Waals surface area contributed by atoms with Crippen LogP contribution in [0.25, 0.3) is 0 Å². The predicted octanol–water partition coefficient (Wildman–Crippen LogP) is 2.84. The normalized spacial score (nSPS) is 17.7. The van der Waals surface area contributed by atoms with Crippen LogP contribution in [0, 0.1) is 3.57 Å². The summed E-state index contributed by atoms with van der Waals surface area (Å²) < 4.78 is 28.7. The lowest BCUT2D eigenvalue weighted by atomic mass is 10.1. The van der Waals surface area contributed by atoms with Crippen LogP contribution in [0.3, 0.4) is 0 Å². The molecule has 110 valence electrons. The average Bonchev–Trinajstić information content (AvgIpc) is 2.81. The van der Waals surface area contributed by atoms with Crippen LogP contribution in [0.1, 0.15) is 23.6 Å². The maximum atomic E-state index is 12.4. The minimum absolute atomic E-state index is 0.176. The van der Waals surface area contributed by atoms with E-state index in [2.05, 4.69) is 27.3 Å². The Morgan fingerprint density at radius 2 is 1.86 bits per heavy atom. The third kappa shape index (κ3) is 3.07. The summed E-state index contributed by atoms with van der Waals surface area (Å²) in [5, 5.41) is 0. The fourth-order valence-corrected chi connectivity index (χ4v) is 4.24. The first kappa shape index (κ1) is 14.8. The number of rotatable bonds is 3. The first-order valence-corrected chi connectivity index (χ1v) is 9.18. The van der Waals surface area contributed by atoms with Crippen LogP contribution in [0.15, 0.2) is 47.4 Å². The molecule has 0 saturated heterocycles. The minimum atomic E-state index is -3.50. The highest BCUT2D eigenvalue weighted by Gasteiger charge is 2.27. The van der Waals surface area contributed by atoms with E-state index >= 15 is 0 Å². The molecular formula is C15H15IN2O2S. The van der Waals surface area contributed by atoms with Gasteiger partial charge in [-0.25, -0.2) is 13.1 Å². The monoisotopic (exact) mass is 414 g/mol. The predicted molar refractivity (Wildman–Crippen MR) is 91.4 cm³/mol. The minimum Gasteiger partial charge on any atom is -0.399 e. The topological polar surface area (TPSA) is 72.2 Å². The van der Waals surface area contributed by atoms with Crippen LogP contribution in [0.2, 0.25) is 0 Å². The third-order valence-electron chi connectivity index (χ3n) is 3.67. The molecule has 0 saturated carbocycles. The summed E-state index contributed by atoms with van der Waals surface area (Å²) in [4.78, 5) is 0.298. The lowest BCUT2D eigenvalue weighted by Gasteiger charge is -2.14. The molecule has 0 aromatic heterocycles. The fraction of sp³-hybridized carbons (Fsp3) is 0.200. The van der Waals surface area contributed by atoms with Crippen molar-refractivity contribution in [3.8, 4) is 0 Å². The Hall–Kier alpha value is -1.12. The van der Waals surface area contributed by atoms with Crippen LogP contribution >= 0.6 is 22.6 Å². The second-order valence-corrected chi connectivity index (χ2v) is 8.08. The maximum Gasteiger partial charge on any atom is 0.241 e. The van der Waals surface area contributed by atoms with Crippen molar-refractivity contribution in [1.82, 2.24) is 4.72 Å². The Kier molecular flexibility index (Phi) is 3.94. The van der Waals surface area contributed by atoms with Gasteiger partial charge >= 0.3 is 0 Å². The van der Waals surface area contributed by atoms with E-state index < -0.39 is 10.0 Å². The lowest BCUT2D eigenvalue weighted by Crippen LogP contribution is -2.27. The van der Waals surface area contributed by atoms with Gasteiger partial charge in [0.05, 0.1) is 4.90 Å². The molecule has 4 nitrogen and oxygen atoms in total. The van der Waals surface area contributed by atoms with Gasteiger partial charge in [-0.15, -0.1) is 0 Å². The van der Waals surface area contributed by atoms with Gasteiger partial charge in [0.15, 0.2) is 0 Å². The Labute approximate surface area is 137 Å². The number of benzene rings is 2. The van der Waals surface area contributed by atoms with Crippen molar-refractivity contribution in [2.45, 2.75) is 23.8 Å². The summed E-state index contributed by atoms with van der Waals surface area (Å²) in [7, 11) is -3.50. The zero-order valence-corrected chi connectivity index (χ0v) is 14.2. The number of aryl methyl sites for hydroxylation is 1. The Bertz CT molecular complexity index is 773. The van der Waals surface area contributed by atoms with Gasteiger partial charge in [0.1, 0.15) is 0 Å². The van der Waals surface area contributed by atoms with E-state index in [4.69, 9.17) is 5.73 Å². The third-order valence-corrected chi connectivity index (χ3v) is 5.87. The number of nitrogen functional groups attached to an aromatic ring is 1. The number of anilines is 1. The molecule has 3 rings (SSSR count). The summed E-state index contributed by atoms with van der Waals surface area (Å²) in [5.74, 6) is 0. The summed E-state index contributed by atoms with van der Waals surface area (Å²) in [5.41, 5.74) is 8.64. The van der Waals surface area contributed by atoms with E-state index in [1.165, 1.54) is 0 Å². The Balaban J connectivity index is 1.86. The van der Waals surface area contributed by atoms with Crippen molar-refractivity contribution >= 4 is 38.3 Å². The van der Waals surface area contributed by atoms with E-state index in [9.17, 15) is 8.42 Å². The second-order valence-electron chi connectivity index (χ2n) is 5.12. The largest absolute Gasteiger partial charge is 0.399 e. The summed E-state index contributed by atoms with van der Waals surface area (Å²) >= 11 is 2.15. The zero-order chi connectivity index (χ0) is 15.0. The van der Waals surface area contributed by atoms with E-state index in [1.54, 1.807) is 24.3 Å². The number of hydrogen-bond acceptors (Lipinski definition) is 3. The Morgan fingerprint density at radius 3 is 2.57 bits per heavy atom. The van der Waals surface area contributed by atoms with Gasteiger partial charge in [-0.05, 0) is 83.0 Å². The van der Waals surface area contributed by atoms with Gasteiger partial charge in [-0.3, -0.25) is 0 Å². The van der Waals surface area contributed by atoms with Gasteiger partial charge in [0.25, 0.3) is 0 Å². The summed E-state index contributed by atoms with van der Waals surface area (Å²) in [6.45, 7) is 0. The lowest BCUT2D eigenvalue weighted by molar-refractivity contribution is 0.554. The molecule has 0 aliphatic heterocycles. The molecule has 3 N–H and O–H groups in total. The molecule has 6 heteroatoms. The van der Waals surface area contributed by atoms with Crippen LogP contribution in [0.4, 0.5) is 5.69 Å². The molecule has 0 amide bonds. The van der Waals surface area contributed by atoms with Crippen molar-refractivity contribution in [1.29, 1.82) is 0 Å². The molecule has 1 unspecified atom stereocenters. The molecule has 0 heterocycles. The average molecular weight is 414 g/mol. The number of fused-ring (bicyclic) bond motifs is 1. The number of nitrogens with two attached hydrogens (primary N) is 1. The van der Waals surface area contributed by atoms with Crippen molar-refractivity contribution in [2.24, 2.45) is 0 Å². The molecular weight excluding hydrogens is 399 g/mol. The van der Waals surface area contributed by atoms with E-state index in [1.807, 2.05) is 18.2 Å². The number of hydrogen-bond donors (Lipinski definition) is 2. The zero-order valence-electron chi connectivity index (χ0n) is 11.2. The number of nitrogens with one attached hydrogen (secondary N) is 1. The number of halogens is 1. The Morgan fingerprint density at radius 1 is 1.14 bits per heavy atom. The van der Waals surface area contributed by atoms with Gasteiger partial charge in [-0.2, -0.15) is 0 Å². The van der Waals surface area contributed by atoms with E-state index in [0.29, 0.717) is 4.90 Å². The highest BCUT2D eigenvalue weighted by Crippen LogP contribution is 2.33. The highest BCUT2D eigenvalue weighted by molar-refractivity contribution is 14.1. The van der Waals surface area contributed by atoms with E-state index in [-0.39, 0.29) is 6.04 Å². The van der Waals surface area contributed by atoms with Crippen LogP contribution in [-0.4, -0.2) is 8.42 Å². The van der Waals surface area contributed by atoms with Gasteiger partial charge in [-0.1, -0.05) is 6.07 Å². The smallest absolute Gasteiger partial charge is 0.241 e. The standard InChI is InChI=1S/C15H15IN2O2S/c16-11-2-5-13(6-3-11)21(19,20)18-15-8-1-10-9-12(17)4-7-14(10)15/h2-7,9,15,18H,1,8,17H2. The first-order valence-electron chi connectivity index (χ1n) is 6.62. The van der Waals surface area contributed by atoms with Crippen molar-refractivity contribution in [2.75, 3.05) is 5.73 Å². The molecule has 2 aromatic rings. The molecule has 0 fully saturated rings. The van der Waals surface area contributed by atoms with Crippen LogP contribution in [-0.2, 0) is 16.4 Å². The quantitative estimate of drug-likeness (QED) is 0.600. The summed E-state index contributed by atoms with van der Waals surface area (Å²) in [6, 6.07) is 12.3. The van der Waals surface area contributed by atoms with E-state index in [0.717, 1.165) is 33.2 Å². The van der Waals surface area contributed by atoms with Crippen LogP contribution < -0.4 is 10.5 Å². The molecule has 0 spiro atoms. The molecule has 0 radical (unpaired) electrons. The number of sulfonamides is 1. The van der Waals surface area contributed by atoms with Crippen molar-refractivity contribution in [3.63, 3.8) is 0 Å². The highest BCUT2D eigenvalue weighted by atomic mass is 127. The van der Waals surface area contributed by atoms with Crippen LogP contribution in [0.5, 0.6) is 0 Å².